The van der Waals surface area contributed by atoms with Crippen molar-refractivity contribution in [2.45, 2.75) is 25.7 Å². The highest BCUT2D eigenvalue weighted by Crippen LogP contribution is 2.33. The van der Waals surface area contributed by atoms with Gasteiger partial charge in [0.2, 0.25) is 11.8 Å². The van der Waals surface area contributed by atoms with Crippen LogP contribution in [0.1, 0.15) is 18.2 Å². The number of halogens is 3. The quantitative estimate of drug-likeness (QED) is 0.459. The van der Waals surface area contributed by atoms with Crippen molar-refractivity contribution < 1.29 is 22.4 Å². The van der Waals surface area contributed by atoms with Crippen molar-refractivity contribution >= 4 is 5.91 Å². The Bertz CT molecular complexity index is 1260. The zero-order valence-corrected chi connectivity index (χ0v) is 17.4. The monoisotopic (exact) mass is 456 g/mol. The molecule has 4 aromatic rings. The number of alkyl halides is 3. The molecule has 0 fully saturated rings. The number of hydrogen-bond acceptors (Lipinski definition) is 6. The molecule has 1 atom stereocenters. The van der Waals surface area contributed by atoms with Crippen LogP contribution in [0, 0.1) is 0 Å². The minimum Gasteiger partial charge on any atom is -0.415 e. The lowest BCUT2D eigenvalue weighted by atomic mass is 10.2. The van der Waals surface area contributed by atoms with Gasteiger partial charge in [-0.2, -0.15) is 18.3 Å². The van der Waals surface area contributed by atoms with E-state index in [9.17, 15) is 18.0 Å². The van der Waals surface area contributed by atoms with Crippen molar-refractivity contribution in [3.63, 3.8) is 0 Å². The fraction of sp³-hybridized carbons (Fsp3) is 0.182. The number of carbonyl (C=O) groups is 1. The van der Waals surface area contributed by atoms with Gasteiger partial charge < -0.3 is 15.5 Å². The van der Waals surface area contributed by atoms with Crippen molar-refractivity contribution in [3.8, 4) is 28.7 Å². The van der Waals surface area contributed by atoms with E-state index < -0.39 is 17.9 Å². The number of aromatic nitrogens is 4. The summed E-state index contributed by atoms with van der Waals surface area (Å²) in [7, 11) is 0. The molecule has 2 aromatic heterocycles. The third-order valence-corrected chi connectivity index (χ3v) is 4.70. The Hall–Kier alpha value is -3.99. The zero-order chi connectivity index (χ0) is 23.6. The van der Waals surface area contributed by atoms with Gasteiger partial charge in [0, 0.05) is 18.2 Å². The molecule has 11 heteroatoms. The maximum Gasteiger partial charge on any atom is 0.435 e. The molecule has 3 N–H and O–H groups in total. The van der Waals surface area contributed by atoms with Gasteiger partial charge in [-0.1, -0.05) is 30.3 Å². The smallest absolute Gasteiger partial charge is 0.415 e. The maximum absolute atomic E-state index is 13.4. The Kier molecular flexibility index (Phi) is 5.97. The summed E-state index contributed by atoms with van der Waals surface area (Å²) >= 11 is 0. The van der Waals surface area contributed by atoms with Gasteiger partial charge in [-0.05, 0) is 36.8 Å². The fourth-order valence-electron chi connectivity index (χ4n) is 3.04. The SMILES string of the molecule is C[C@H](N)C(=O)NCc1cccc(-n2nc(C(F)(F)F)cc2-c2nnc(-c3ccccc3)o2)c1. The Labute approximate surface area is 186 Å². The zero-order valence-electron chi connectivity index (χ0n) is 17.4. The van der Waals surface area contributed by atoms with E-state index >= 15 is 0 Å². The molecule has 0 radical (unpaired) electrons. The van der Waals surface area contributed by atoms with E-state index in [1.54, 1.807) is 55.5 Å². The molecule has 8 nitrogen and oxygen atoms in total. The van der Waals surface area contributed by atoms with Crippen molar-refractivity contribution in [1.82, 2.24) is 25.3 Å². The van der Waals surface area contributed by atoms with Crippen LogP contribution in [0.25, 0.3) is 28.7 Å². The third kappa shape index (κ3) is 4.93. The van der Waals surface area contributed by atoms with E-state index in [0.29, 0.717) is 16.8 Å². The fourth-order valence-corrected chi connectivity index (χ4v) is 3.04. The normalized spacial score (nSPS) is 12.5. The third-order valence-electron chi connectivity index (χ3n) is 4.70. The molecule has 0 bridgehead atoms. The van der Waals surface area contributed by atoms with Gasteiger partial charge in [0.1, 0.15) is 5.69 Å². The molecule has 0 aliphatic heterocycles. The maximum atomic E-state index is 13.4. The predicted molar refractivity (Wildman–Crippen MR) is 113 cm³/mol. The number of nitrogens with zero attached hydrogens (tertiary/aromatic N) is 4. The Morgan fingerprint density at radius 2 is 1.82 bits per heavy atom. The van der Waals surface area contributed by atoms with Crippen LogP contribution in [0.2, 0.25) is 0 Å². The Morgan fingerprint density at radius 3 is 2.52 bits per heavy atom. The van der Waals surface area contributed by atoms with Crippen LogP contribution in [0.3, 0.4) is 0 Å². The van der Waals surface area contributed by atoms with Crippen LogP contribution in [0.15, 0.2) is 65.1 Å². The van der Waals surface area contributed by atoms with Crippen LogP contribution in [0.5, 0.6) is 0 Å². The summed E-state index contributed by atoms with van der Waals surface area (Å²) in [6.07, 6.45) is -4.68. The lowest BCUT2D eigenvalue weighted by Crippen LogP contribution is -2.37. The van der Waals surface area contributed by atoms with E-state index in [2.05, 4.69) is 20.6 Å². The number of nitrogens with one attached hydrogen (secondary N) is 1. The molecule has 0 aliphatic rings. The minimum absolute atomic E-state index is 0.0197. The Balaban J connectivity index is 1.72. The van der Waals surface area contributed by atoms with Gasteiger partial charge in [-0.15, -0.1) is 10.2 Å². The summed E-state index contributed by atoms with van der Waals surface area (Å²) in [5.74, 6) is -0.300. The van der Waals surface area contributed by atoms with Crippen LogP contribution < -0.4 is 11.1 Å². The summed E-state index contributed by atoms with van der Waals surface area (Å²) < 4.78 is 47.1. The standard InChI is InChI=1S/C22H19F3N6O2/c1-13(26)19(32)27-12-14-6-5-9-16(10-14)31-17(11-18(30-31)22(23,24)25)21-29-28-20(33-21)15-7-3-2-4-8-15/h2-11,13H,12,26H2,1H3,(H,27,32)/t13-/m0/s1. The van der Waals surface area contributed by atoms with E-state index in [0.717, 1.165) is 10.7 Å². The molecular weight excluding hydrogens is 437 g/mol. The van der Waals surface area contributed by atoms with E-state index in [4.69, 9.17) is 10.2 Å². The van der Waals surface area contributed by atoms with E-state index in [1.807, 2.05) is 6.07 Å². The summed E-state index contributed by atoms with van der Waals surface area (Å²) in [5.41, 5.74) is 6.01. The first kappa shape index (κ1) is 22.2. The molecule has 170 valence electrons. The van der Waals surface area contributed by atoms with E-state index in [-0.39, 0.29) is 29.9 Å². The molecule has 0 unspecified atom stereocenters. The molecular formula is C22H19F3N6O2. The highest BCUT2D eigenvalue weighted by molar-refractivity contribution is 5.80. The summed E-state index contributed by atoms with van der Waals surface area (Å²) in [6.45, 7) is 1.70. The first-order chi connectivity index (χ1) is 15.7. The number of rotatable bonds is 6. The van der Waals surface area contributed by atoms with Crippen molar-refractivity contribution in [1.29, 1.82) is 0 Å². The minimum atomic E-state index is -4.68. The van der Waals surface area contributed by atoms with Gasteiger partial charge >= 0.3 is 6.18 Å². The summed E-state index contributed by atoms with van der Waals surface area (Å²) in [6, 6.07) is 15.6. The Morgan fingerprint density at radius 1 is 1.09 bits per heavy atom. The highest BCUT2D eigenvalue weighted by Gasteiger charge is 2.36. The molecule has 0 saturated heterocycles. The number of benzene rings is 2. The molecule has 4 rings (SSSR count). The first-order valence-corrected chi connectivity index (χ1v) is 9.91. The highest BCUT2D eigenvalue weighted by atomic mass is 19.4. The van der Waals surface area contributed by atoms with Crippen molar-refractivity contribution in [2.75, 3.05) is 0 Å². The molecule has 0 spiro atoms. The summed E-state index contributed by atoms with van der Waals surface area (Å²) in [5, 5.41) is 14.3. The molecule has 33 heavy (non-hydrogen) atoms. The molecule has 0 saturated carbocycles. The van der Waals surface area contributed by atoms with Crippen LogP contribution >= 0.6 is 0 Å². The molecule has 2 aromatic carbocycles. The van der Waals surface area contributed by atoms with Crippen molar-refractivity contribution in [3.05, 3.63) is 71.9 Å². The second-order valence-corrected chi connectivity index (χ2v) is 7.28. The van der Waals surface area contributed by atoms with Gasteiger partial charge in [0.15, 0.2) is 5.69 Å². The van der Waals surface area contributed by atoms with Gasteiger partial charge in [0.25, 0.3) is 5.89 Å². The van der Waals surface area contributed by atoms with Crippen LogP contribution in [-0.4, -0.2) is 31.9 Å². The number of carbonyl (C=O) groups excluding carboxylic acids is 1. The van der Waals surface area contributed by atoms with Crippen LogP contribution in [0.4, 0.5) is 13.2 Å². The van der Waals surface area contributed by atoms with Gasteiger partial charge in [0.05, 0.1) is 11.7 Å². The topological polar surface area (TPSA) is 112 Å². The average Bonchev–Trinajstić information content (AvgIpc) is 3.45. The van der Waals surface area contributed by atoms with Crippen molar-refractivity contribution in [2.24, 2.45) is 5.73 Å². The molecule has 1 amide bonds. The largest absolute Gasteiger partial charge is 0.435 e. The number of nitrogens with two attached hydrogens (primary N) is 1. The molecule has 2 heterocycles. The number of amides is 1. The van der Waals surface area contributed by atoms with E-state index in [1.165, 1.54) is 0 Å². The second-order valence-electron chi connectivity index (χ2n) is 7.28. The van der Waals surface area contributed by atoms with Gasteiger partial charge in [-0.25, -0.2) is 4.68 Å². The first-order valence-electron chi connectivity index (χ1n) is 9.91. The summed E-state index contributed by atoms with van der Waals surface area (Å²) in [4.78, 5) is 11.7. The lowest BCUT2D eigenvalue weighted by Gasteiger charge is -2.10. The lowest BCUT2D eigenvalue weighted by molar-refractivity contribution is -0.141. The second kappa shape index (κ2) is 8.87. The molecule has 0 aliphatic carbocycles. The average molecular weight is 456 g/mol. The predicted octanol–water partition coefficient (Wildman–Crippen LogP) is 3.57. The van der Waals surface area contributed by atoms with Gasteiger partial charge in [-0.3, -0.25) is 4.79 Å². The van der Waals surface area contributed by atoms with Crippen LogP contribution in [-0.2, 0) is 17.5 Å². The number of hydrogen-bond donors (Lipinski definition) is 2.